The van der Waals surface area contributed by atoms with Crippen molar-refractivity contribution in [2.45, 2.75) is 39.3 Å². The quantitative estimate of drug-likeness (QED) is 0.783. The molecule has 0 atom stereocenters. The minimum absolute atomic E-state index is 0.0420. The lowest BCUT2D eigenvalue weighted by Crippen LogP contribution is -2.42. The Morgan fingerprint density at radius 3 is 2.54 bits per heavy atom. The monoisotopic (exact) mass is 322 g/mol. The molecule has 0 spiro atoms. The molecule has 0 unspecified atom stereocenters. The molecule has 1 aromatic heterocycles. The Hall–Kier alpha value is -2.69. The Bertz CT molecular complexity index is 849. The molecule has 2 aromatic carbocycles. The summed E-state index contributed by atoms with van der Waals surface area (Å²) in [6.45, 7) is 6.73. The summed E-state index contributed by atoms with van der Waals surface area (Å²) < 4.78 is 1.87. The van der Waals surface area contributed by atoms with Gasteiger partial charge in [-0.2, -0.15) is 0 Å². The van der Waals surface area contributed by atoms with Crippen LogP contribution in [0, 0.1) is 0 Å². The SMILES string of the molecule is CCC(C)(C)NC(=O)c1ccc(Cn2nnc3ccccc32)cc1. The van der Waals surface area contributed by atoms with Gasteiger partial charge in [-0.1, -0.05) is 36.4 Å². The fourth-order valence-corrected chi connectivity index (χ4v) is 2.44. The van der Waals surface area contributed by atoms with Crippen LogP contribution in [0.2, 0.25) is 0 Å². The number of rotatable bonds is 5. The Labute approximate surface area is 141 Å². The molecule has 0 saturated heterocycles. The second kappa shape index (κ2) is 6.43. The largest absolute Gasteiger partial charge is 0.347 e. The number of carbonyl (C=O) groups is 1. The van der Waals surface area contributed by atoms with Crippen LogP contribution in [0.15, 0.2) is 48.5 Å². The molecule has 0 radical (unpaired) electrons. The van der Waals surface area contributed by atoms with E-state index < -0.39 is 0 Å². The van der Waals surface area contributed by atoms with Gasteiger partial charge in [0.15, 0.2) is 0 Å². The van der Waals surface area contributed by atoms with Crippen molar-refractivity contribution in [3.63, 3.8) is 0 Å². The van der Waals surface area contributed by atoms with Gasteiger partial charge in [-0.05, 0) is 50.1 Å². The van der Waals surface area contributed by atoms with Crippen molar-refractivity contribution in [3.8, 4) is 0 Å². The van der Waals surface area contributed by atoms with E-state index in [4.69, 9.17) is 0 Å². The van der Waals surface area contributed by atoms with Crippen molar-refractivity contribution < 1.29 is 4.79 Å². The molecule has 5 nitrogen and oxygen atoms in total. The smallest absolute Gasteiger partial charge is 0.251 e. The van der Waals surface area contributed by atoms with E-state index in [2.05, 4.69) is 22.6 Å². The van der Waals surface area contributed by atoms with Gasteiger partial charge in [0.2, 0.25) is 0 Å². The molecule has 0 aliphatic heterocycles. The van der Waals surface area contributed by atoms with Crippen molar-refractivity contribution in [3.05, 3.63) is 59.7 Å². The average Bonchev–Trinajstić information content (AvgIpc) is 2.98. The van der Waals surface area contributed by atoms with Gasteiger partial charge in [0, 0.05) is 11.1 Å². The second-order valence-electron chi connectivity index (χ2n) is 6.62. The summed E-state index contributed by atoms with van der Waals surface area (Å²) in [6, 6.07) is 15.5. The number of benzene rings is 2. The first-order valence-electron chi connectivity index (χ1n) is 8.18. The highest BCUT2D eigenvalue weighted by Gasteiger charge is 2.18. The molecule has 3 aromatic rings. The number of hydrogen-bond acceptors (Lipinski definition) is 3. The lowest BCUT2D eigenvalue weighted by atomic mass is 10.0. The average molecular weight is 322 g/mol. The molecule has 3 rings (SSSR count). The lowest BCUT2D eigenvalue weighted by molar-refractivity contribution is 0.0911. The Morgan fingerprint density at radius 2 is 1.83 bits per heavy atom. The first-order valence-corrected chi connectivity index (χ1v) is 8.18. The second-order valence-corrected chi connectivity index (χ2v) is 6.62. The van der Waals surface area contributed by atoms with Gasteiger partial charge in [-0.15, -0.1) is 5.10 Å². The molecular weight excluding hydrogens is 300 g/mol. The van der Waals surface area contributed by atoms with E-state index in [1.165, 1.54) is 0 Å². The highest BCUT2D eigenvalue weighted by atomic mass is 16.1. The van der Waals surface area contributed by atoms with E-state index in [0.29, 0.717) is 12.1 Å². The predicted molar refractivity (Wildman–Crippen MR) is 94.9 cm³/mol. The number of nitrogens with zero attached hydrogens (tertiary/aromatic N) is 3. The Morgan fingerprint density at radius 1 is 1.12 bits per heavy atom. The Kier molecular flexibility index (Phi) is 4.34. The molecule has 24 heavy (non-hydrogen) atoms. The number of fused-ring (bicyclic) bond motifs is 1. The molecule has 124 valence electrons. The summed E-state index contributed by atoms with van der Waals surface area (Å²) in [7, 11) is 0. The molecule has 1 amide bonds. The van der Waals surface area contributed by atoms with Crippen LogP contribution >= 0.6 is 0 Å². The summed E-state index contributed by atoms with van der Waals surface area (Å²) in [4.78, 5) is 12.3. The maximum atomic E-state index is 12.3. The van der Waals surface area contributed by atoms with Gasteiger partial charge in [0.25, 0.3) is 5.91 Å². The summed E-state index contributed by atoms with van der Waals surface area (Å²) in [5.74, 6) is -0.0420. The summed E-state index contributed by atoms with van der Waals surface area (Å²) in [5, 5.41) is 11.4. The van der Waals surface area contributed by atoms with Crippen LogP contribution in [0.25, 0.3) is 11.0 Å². The molecule has 0 bridgehead atoms. The van der Waals surface area contributed by atoms with Gasteiger partial charge in [0.1, 0.15) is 5.52 Å². The zero-order valence-electron chi connectivity index (χ0n) is 14.3. The third-order valence-electron chi connectivity index (χ3n) is 4.30. The fraction of sp³-hybridized carbons (Fsp3) is 0.316. The number of para-hydroxylation sites is 1. The summed E-state index contributed by atoms with van der Waals surface area (Å²) in [6.07, 6.45) is 0.885. The Balaban J connectivity index is 1.74. The van der Waals surface area contributed by atoms with Crippen LogP contribution in [0.1, 0.15) is 43.1 Å². The van der Waals surface area contributed by atoms with E-state index >= 15 is 0 Å². The van der Waals surface area contributed by atoms with E-state index in [1.807, 2.05) is 67.1 Å². The molecule has 1 N–H and O–H groups in total. The third kappa shape index (κ3) is 3.45. The molecular formula is C19H22N4O. The van der Waals surface area contributed by atoms with Gasteiger partial charge in [-0.3, -0.25) is 4.79 Å². The minimum atomic E-state index is -0.199. The maximum Gasteiger partial charge on any atom is 0.251 e. The van der Waals surface area contributed by atoms with Crippen molar-refractivity contribution in [1.29, 1.82) is 0 Å². The molecule has 5 heteroatoms. The zero-order valence-corrected chi connectivity index (χ0v) is 14.3. The van der Waals surface area contributed by atoms with Gasteiger partial charge in [-0.25, -0.2) is 4.68 Å². The zero-order chi connectivity index (χ0) is 17.2. The number of nitrogens with one attached hydrogen (secondary N) is 1. The molecule has 1 heterocycles. The van der Waals surface area contributed by atoms with Crippen LogP contribution in [0.3, 0.4) is 0 Å². The van der Waals surface area contributed by atoms with Crippen LogP contribution in [0.5, 0.6) is 0 Å². The number of aromatic nitrogens is 3. The van der Waals surface area contributed by atoms with Gasteiger partial charge in [0.05, 0.1) is 12.1 Å². The first kappa shape index (κ1) is 16.2. The molecule has 0 saturated carbocycles. The third-order valence-corrected chi connectivity index (χ3v) is 4.30. The van der Waals surface area contributed by atoms with Gasteiger partial charge >= 0.3 is 0 Å². The fourth-order valence-electron chi connectivity index (χ4n) is 2.44. The van der Waals surface area contributed by atoms with E-state index in [0.717, 1.165) is 23.0 Å². The predicted octanol–water partition coefficient (Wildman–Crippen LogP) is 3.40. The minimum Gasteiger partial charge on any atom is -0.347 e. The number of hydrogen-bond donors (Lipinski definition) is 1. The van der Waals surface area contributed by atoms with Crippen molar-refractivity contribution in [2.24, 2.45) is 0 Å². The topological polar surface area (TPSA) is 59.8 Å². The lowest BCUT2D eigenvalue weighted by Gasteiger charge is -2.24. The number of carbonyl (C=O) groups excluding carboxylic acids is 1. The molecule has 0 aliphatic rings. The molecule has 0 aliphatic carbocycles. The van der Waals surface area contributed by atoms with Crippen molar-refractivity contribution in [1.82, 2.24) is 20.3 Å². The van der Waals surface area contributed by atoms with Crippen LogP contribution < -0.4 is 5.32 Å². The van der Waals surface area contributed by atoms with E-state index in [-0.39, 0.29) is 11.4 Å². The summed E-state index contributed by atoms with van der Waals surface area (Å²) in [5.41, 5.74) is 3.44. The standard InChI is InChI=1S/C19H22N4O/c1-4-19(2,3)20-18(24)15-11-9-14(10-12-15)13-23-17-8-6-5-7-16(17)21-22-23/h5-12H,4,13H2,1-3H3,(H,20,24). The highest BCUT2D eigenvalue weighted by Crippen LogP contribution is 2.14. The van der Waals surface area contributed by atoms with Crippen LogP contribution in [0.4, 0.5) is 0 Å². The van der Waals surface area contributed by atoms with Crippen LogP contribution in [-0.4, -0.2) is 26.4 Å². The number of amides is 1. The highest BCUT2D eigenvalue weighted by molar-refractivity contribution is 5.94. The van der Waals surface area contributed by atoms with E-state index in [9.17, 15) is 4.79 Å². The normalized spacial score (nSPS) is 11.6. The van der Waals surface area contributed by atoms with Crippen LogP contribution in [-0.2, 0) is 6.54 Å². The molecule has 0 fully saturated rings. The van der Waals surface area contributed by atoms with E-state index in [1.54, 1.807) is 0 Å². The van der Waals surface area contributed by atoms with Crippen molar-refractivity contribution >= 4 is 16.9 Å². The summed E-state index contributed by atoms with van der Waals surface area (Å²) >= 11 is 0. The maximum absolute atomic E-state index is 12.3. The first-order chi connectivity index (χ1) is 11.5. The van der Waals surface area contributed by atoms with Crippen molar-refractivity contribution in [2.75, 3.05) is 0 Å². The van der Waals surface area contributed by atoms with Gasteiger partial charge < -0.3 is 5.32 Å².